The van der Waals surface area contributed by atoms with Gasteiger partial charge in [0.05, 0.1) is 13.2 Å². The second-order valence-corrected chi connectivity index (χ2v) is 8.65. The first-order valence-electron chi connectivity index (χ1n) is 11.3. The summed E-state index contributed by atoms with van der Waals surface area (Å²) in [4.78, 5) is 8.21. The minimum absolute atomic E-state index is 0.0660. The lowest BCUT2D eigenvalue weighted by Gasteiger charge is -2.22. The smallest absolute Gasteiger partial charge is 0.169 e. The van der Waals surface area contributed by atoms with Crippen molar-refractivity contribution in [1.29, 1.82) is 0 Å². The van der Waals surface area contributed by atoms with E-state index >= 15 is 0 Å². The van der Waals surface area contributed by atoms with E-state index in [-0.39, 0.29) is 13.2 Å². The summed E-state index contributed by atoms with van der Waals surface area (Å²) >= 11 is 1.76. The van der Waals surface area contributed by atoms with Crippen LogP contribution in [0.15, 0.2) is 66.6 Å². The number of rotatable bonds is 13. The van der Waals surface area contributed by atoms with Gasteiger partial charge in [-0.2, -0.15) is 0 Å². The lowest BCUT2D eigenvalue weighted by Crippen LogP contribution is -2.32. The van der Waals surface area contributed by atoms with E-state index in [1.165, 1.54) is 0 Å². The van der Waals surface area contributed by atoms with Gasteiger partial charge in [0, 0.05) is 57.2 Å². The van der Waals surface area contributed by atoms with E-state index in [9.17, 15) is 10.2 Å². The first-order valence-corrected chi connectivity index (χ1v) is 12.3. The van der Waals surface area contributed by atoms with Crippen LogP contribution in [-0.4, -0.2) is 66.4 Å². The number of unbranched alkanes of at least 4 members (excludes halogenated alkanes) is 1. The molecule has 0 unspecified atom stereocenters. The Bertz CT molecular complexity index is 876. The number of aliphatic hydroxyl groups is 2. The summed E-state index contributed by atoms with van der Waals surface area (Å²) in [5.74, 6) is 1.04. The molecular weight excluding hydrogens is 432 g/mol. The lowest BCUT2D eigenvalue weighted by molar-refractivity contribution is -0.697. The lowest BCUT2D eigenvalue weighted by atomic mass is 10.1. The molecule has 0 saturated carbocycles. The zero-order chi connectivity index (χ0) is 23.9. The summed E-state index contributed by atoms with van der Waals surface area (Å²) in [6, 6.07) is 12.4. The molecule has 1 aromatic heterocycles. The minimum Gasteiger partial charge on any atom is -0.395 e. The fourth-order valence-corrected chi connectivity index (χ4v) is 4.23. The number of aryl methyl sites for hydroxylation is 1. The van der Waals surface area contributed by atoms with Gasteiger partial charge in [-0.1, -0.05) is 42.6 Å². The summed E-state index contributed by atoms with van der Waals surface area (Å²) in [6.45, 7) is 5.94. The van der Waals surface area contributed by atoms with Crippen LogP contribution in [0.4, 0.5) is 5.69 Å². The van der Waals surface area contributed by atoms with Crippen molar-refractivity contribution < 1.29 is 14.8 Å². The van der Waals surface area contributed by atoms with Gasteiger partial charge in [-0.05, 0) is 35.9 Å². The first-order chi connectivity index (χ1) is 16.1. The molecule has 2 aromatic rings. The number of aliphatic imine (C=N–C) groups is 1. The summed E-state index contributed by atoms with van der Waals surface area (Å²) in [5.41, 5.74) is 3.27. The number of hydrogen-bond acceptors (Lipinski definition) is 5. The maximum atomic E-state index is 9.19. The van der Waals surface area contributed by atoms with E-state index < -0.39 is 0 Å². The maximum Gasteiger partial charge on any atom is 0.169 e. The molecular formula is C26H37N4O2S+. The van der Waals surface area contributed by atoms with Gasteiger partial charge in [-0.25, -0.2) is 4.57 Å². The molecule has 33 heavy (non-hydrogen) atoms. The van der Waals surface area contributed by atoms with Crippen molar-refractivity contribution in [3.63, 3.8) is 0 Å². The third kappa shape index (κ3) is 9.42. The van der Waals surface area contributed by atoms with Crippen molar-refractivity contribution in [2.24, 2.45) is 4.99 Å². The van der Waals surface area contributed by atoms with Gasteiger partial charge in [-0.15, -0.1) is 0 Å². The van der Waals surface area contributed by atoms with E-state index in [0.29, 0.717) is 13.1 Å². The standard InChI is InChI=1S/C26H37N4O2S/c1-4-28(3)26(27-2)33-22-6-5-15-29-16-13-24(14-17-29)8-7-23-9-11-25(12-10-23)30(18-20-31)19-21-32/h4,7-14,16-17,31-32H,1,5-6,15,18-22H2,2-3H3/q+1/b27-26+. The Morgan fingerprint density at radius 1 is 1.00 bits per heavy atom. The van der Waals surface area contributed by atoms with Crippen LogP contribution in [-0.2, 0) is 6.54 Å². The van der Waals surface area contributed by atoms with Crippen LogP contribution in [0.1, 0.15) is 24.0 Å². The van der Waals surface area contributed by atoms with Crippen molar-refractivity contribution in [3.8, 4) is 0 Å². The van der Waals surface area contributed by atoms with Crippen LogP contribution < -0.4 is 9.47 Å². The summed E-state index contributed by atoms with van der Waals surface area (Å²) in [7, 11) is 3.78. The second kappa shape index (κ2) is 15.3. The third-order valence-corrected chi connectivity index (χ3v) is 6.41. The van der Waals surface area contributed by atoms with Crippen molar-refractivity contribution in [2.75, 3.05) is 51.1 Å². The number of anilines is 1. The van der Waals surface area contributed by atoms with Gasteiger partial charge in [0.2, 0.25) is 0 Å². The van der Waals surface area contributed by atoms with Crippen molar-refractivity contribution in [3.05, 3.63) is 72.7 Å². The van der Waals surface area contributed by atoms with Crippen LogP contribution in [0.2, 0.25) is 0 Å². The Morgan fingerprint density at radius 2 is 1.61 bits per heavy atom. The Labute approximate surface area is 202 Å². The van der Waals surface area contributed by atoms with Crippen molar-refractivity contribution in [1.82, 2.24) is 4.90 Å². The minimum atomic E-state index is 0.0660. The van der Waals surface area contributed by atoms with E-state index in [0.717, 1.165) is 47.1 Å². The molecule has 6 nitrogen and oxygen atoms in total. The third-order valence-electron chi connectivity index (χ3n) is 5.19. The van der Waals surface area contributed by atoms with Crippen molar-refractivity contribution >= 4 is 34.8 Å². The molecule has 0 atom stereocenters. The number of thioether (sulfide) groups is 1. The quantitative estimate of drug-likeness (QED) is 0.203. The predicted molar refractivity (Wildman–Crippen MR) is 141 cm³/mol. The molecule has 0 bridgehead atoms. The normalized spacial score (nSPS) is 11.7. The van der Waals surface area contributed by atoms with Crippen molar-refractivity contribution in [2.45, 2.75) is 19.4 Å². The maximum absolute atomic E-state index is 9.19. The van der Waals surface area contributed by atoms with Crippen LogP contribution in [0.25, 0.3) is 12.2 Å². The molecule has 0 aliphatic rings. The van der Waals surface area contributed by atoms with Gasteiger partial charge in [-0.3, -0.25) is 4.99 Å². The molecule has 2 N–H and O–H groups in total. The average molecular weight is 470 g/mol. The number of nitrogens with zero attached hydrogens (tertiary/aromatic N) is 4. The molecule has 178 valence electrons. The van der Waals surface area contributed by atoms with E-state index in [4.69, 9.17) is 0 Å². The van der Waals surface area contributed by atoms with Gasteiger partial charge >= 0.3 is 0 Å². The molecule has 0 spiro atoms. The largest absolute Gasteiger partial charge is 0.395 e. The zero-order valence-electron chi connectivity index (χ0n) is 19.8. The van der Waals surface area contributed by atoms with E-state index in [1.54, 1.807) is 18.0 Å². The Kier molecular flexibility index (Phi) is 12.3. The topological polar surface area (TPSA) is 63.2 Å². The number of benzene rings is 1. The Balaban J connectivity index is 1.80. The number of amidine groups is 1. The first kappa shape index (κ1) is 26.6. The molecule has 0 fully saturated rings. The molecule has 0 saturated heterocycles. The molecule has 0 amide bonds. The Hall–Kier alpha value is -2.61. The number of aliphatic hydroxyl groups excluding tert-OH is 2. The van der Waals surface area contributed by atoms with E-state index in [2.05, 4.69) is 64.9 Å². The van der Waals surface area contributed by atoms with Crippen LogP contribution >= 0.6 is 11.8 Å². The molecule has 0 aliphatic carbocycles. The number of pyridine rings is 1. The fraction of sp³-hybridized carbons (Fsp3) is 0.385. The summed E-state index contributed by atoms with van der Waals surface area (Å²) < 4.78 is 2.22. The highest BCUT2D eigenvalue weighted by atomic mass is 32.2. The fourth-order valence-electron chi connectivity index (χ4n) is 3.29. The predicted octanol–water partition coefficient (Wildman–Crippen LogP) is 3.51. The Morgan fingerprint density at radius 3 is 2.15 bits per heavy atom. The SMILES string of the molecule is C=CN(C)/C(=N\C)SCCCC[n+]1ccc(/C=C/c2ccc(N(CCO)CCO)cc2)cc1. The molecule has 0 radical (unpaired) electrons. The number of hydrogen-bond donors (Lipinski definition) is 2. The molecule has 2 rings (SSSR count). The highest BCUT2D eigenvalue weighted by Crippen LogP contribution is 2.16. The van der Waals surface area contributed by atoms with Gasteiger partial charge in [0.15, 0.2) is 17.6 Å². The monoisotopic (exact) mass is 469 g/mol. The second-order valence-electron chi connectivity index (χ2n) is 7.58. The number of aromatic nitrogens is 1. The van der Waals surface area contributed by atoms with E-state index in [1.807, 2.05) is 36.0 Å². The molecule has 1 heterocycles. The molecule has 7 heteroatoms. The highest BCUT2D eigenvalue weighted by Gasteiger charge is 2.06. The van der Waals surface area contributed by atoms with Gasteiger partial charge in [0.1, 0.15) is 6.54 Å². The summed E-state index contributed by atoms with van der Waals surface area (Å²) in [6.07, 6.45) is 12.5. The van der Waals surface area contributed by atoms with Gasteiger partial charge in [0.25, 0.3) is 0 Å². The molecule has 0 aliphatic heterocycles. The average Bonchev–Trinajstić information content (AvgIpc) is 2.85. The van der Waals surface area contributed by atoms with Crippen LogP contribution in [0, 0.1) is 0 Å². The zero-order valence-corrected chi connectivity index (χ0v) is 20.6. The highest BCUT2D eigenvalue weighted by molar-refractivity contribution is 8.13. The van der Waals surface area contributed by atoms with Crippen LogP contribution in [0.5, 0.6) is 0 Å². The molecule has 1 aromatic carbocycles. The van der Waals surface area contributed by atoms with Gasteiger partial charge < -0.3 is 20.0 Å². The van der Waals surface area contributed by atoms with Crippen LogP contribution in [0.3, 0.4) is 0 Å². The summed E-state index contributed by atoms with van der Waals surface area (Å²) in [5, 5.41) is 19.4.